The zero-order valence-corrected chi connectivity index (χ0v) is 14.4. The summed E-state index contributed by atoms with van der Waals surface area (Å²) >= 11 is 0. The van der Waals surface area contributed by atoms with E-state index < -0.39 is 0 Å². The Kier molecular flexibility index (Phi) is 3.88. The average Bonchev–Trinajstić information content (AvgIpc) is 3.10. The summed E-state index contributed by atoms with van der Waals surface area (Å²) in [6, 6.07) is 13.8. The zero-order chi connectivity index (χ0) is 17.4. The fraction of sp³-hybridized carbons (Fsp3) is 0.238. The number of aryl methyl sites for hydroxylation is 2. The van der Waals surface area contributed by atoms with Gasteiger partial charge < -0.3 is 10.1 Å². The number of aromatic nitrogens is 1. The minimum Gasteiger partial charge on any atom is -0.465 e. The van der Waals surface area contributed by atoms with Crippen LogP contribution in [0.4, 0.5) is 11.4 Å². The molecule has 0 radical (unpaired) electrons. The number of ether oxygens (including phenoxy) is 1. The number of carbonyl (C=O) groups is 1. The van der Waals surface area contributed by atoms with Crippen LogP contribution in [0.15, 0.2) is 42.5 Å². The van der Waals surface area contributed by atoms with E-state index in [2.05, 4.69) is 30.4 Å². The number of benzene rings is 2. The highest BCUT2D eigenvalue weighted by Crippen LogP contribution is 2.36. The first kappa shape index (κ1) is 15.6. The molecule has 1 aliphatic carbocycles. The zero-order valence-electron chi connectivity index (χ0n) is 14.4. The normalized spacial score (nSPS) is 12.9. The number of nitrogens with one attached hydrogen (secondary N) is 1. The lowest BCUT2D eigenvalue weighted by Gasteiger charge is -2.15. The maximum absolute atomic E-state index is 11.6. The predicted octanol–water partition coefficient (Wildman–Crippen LogP) is 4.56. The SMILES string of the molecule is COC(=O)c1ccc(Nc2c3c(nc4ccc(C)cc24)CCC3)cc1. The molecule has 0 atom stereocenters. The number of hydrogen-bond acceptors (Lipinski definition) is 4. The van der Waals surface area contributed by atoms with Gasteiger partial charge in [0.1, 0.15) is 0 Å². The van der Waals surface area contributed by atoms with Gasteiger partial charge in [-0.15, -0.1) is 0 Å². The molecule has 25 heavy (non-hydrogen) atoms. The Bertz CT molecular complexity index is 962. The lowest BCUT2D eigenvalue weighted by atomic mass is 10.0. The second-order valence-electron chi connectivity index (χ2n) is 6.48. The molecule has 2 aromatic carbocycles. The summed E-state index contributed by atoms with van der Waals surface area (Å²) in [5, 5.41) is 4.72. The number of fused-ring (bicyclic) bond motifs is 2. The molecule has 0 unspecified atom stereocenters. The third-order valence-corrected chi connectivity index (χ3v) is 4.74. The maximum atomic E-state index is 11.6. The molecule has 126 valence electrons. The van der Waals surface area contributed by atoms with Crippen LogP contribution >= 0.6 is 0 Å². The molecule has 0 spiro atoms. The van der Waals surface area contributed by atoms with Crippen molar-refractivity contribution in [3.05, 3.63) is 64.8 Å². The fourth-order valence-electron chi connectivity index (χ4n) is 3.47. The number of pyridine rings is 1. The number of methoxy groups -OCH3 is 1. The molecule has 0 saturated heterocycles. The fourth-order valence-corrected chi connectivity index (χ4v) is 3.47. The third kappa shape index (κ3) is 2.84. The van der Waals surface area contributed by atoms with Gasteiger partial charge in [0.15, 0.2) is 0 Å². The summed E-state index contributed by atoms with van der Waals surface area (Å²) in [5.74, 6) is -0.322. The van der Waals surface area contributed by atoms with Gasteiger partial charge in [0, 0.05) is 16.8 Å². The molecule has 4 nitrogen and oxygen atoms in total. The molecular weight excluding hydrogens is 312 g/mol. The lowest BCUT2D eigenvalue weighted by Crippen LogP contribution is -2.02. The summed E-state index contributed by atoms with van der Waals surface area (Å²) in [6.45, 7) is 2.10. The van der Waals surface area contributed by atoms with E-state index >= 15 is 0 Å². The summed E-state index contributed by atoms with van der Waals surface area (Å²) in [6.07, 6.45) is 3.23. The second kappa shape index (κ2) is 6.20. The van der Waals surface area contributed by atoms with Gasteiger partial charge >= 0.3 is 5.97 Å². The van der Waals surface area contributed by atoms with Gasteiger partial charge in [-0.3, -0.25) is 4.98 Å². The highest BCUT2D eigenvalue weighted by atomic mass is 16.5. The maximum Gasteiger partial charge on any atom is 0.337 e. The van der Waals surface area contributed by atoms with Crippen molar-refractivity contribution in [3.8, 4) is 0 Å². The van der Waals surface area contributed by atoms with Gasteiger partial charge in [-0.2, -0.15) is 0 Å². The molecule has 1 heterocycles. The van der Waals surface area contributed by atoms with E-state index in [-0.39, 0.29) is 5.97 Å². The van der Waals surface area contributed by atoms with Gasteiger partial charge in [0.25, 0.3) is 0 Å². The van der Waals surface area contributed by atoms with Crippen molar-refractivity contribution in [2.24, 2.45) is 0 Å². The molecule has 3 aromatic rings. The standard InChI is InChI=1S/C21H20N2O2/c1-13-6-11-19-17(12-13)20(16-4-3-5-18(16)23-19)22-15-9-7-14(8-10-15)21(24)25-2/h6-12H,3-5H2,1-2H3,(H,22,23). The molecule has 0 aliphatic heterocycles. The second-order valence-corrected chi connectivity index (χ2v) is 6.48. The van der Waals surface area contributed by atoms with E-state index in [0.717, 1.165) is 41.5 Å². The molecule has 0 saturated carbocycles. The summed E-state index contributed by atoms with van der Waals surface area (Å²) < 4.78 is 4.76. The highest BCUT2D eigenvalue weighted by Gasteiger charge is 2.20. The van der Waals surface area contributed by atoms with Crippen molar-refractivity contribution in [3.63, 3.8) is 0 Å². The van der Waals surface area contributed by atoms with Crippen LogP contribution < -0.4 is 5.32 Å². The molecular formula is C21H20N2O2. The Morgan fingerprint density at radius 3 is 2.68 bits per heavy atom. The summed E-state index contributed by atoms with van der Waals surface area (Å²) in [7, 11) is 1.39. The third-order valence-electron chi connectivity index (χ3n) is 4.74. The molecule has 0 fully saturated rings. The van der Waals surface area contributed by atoms with Gasteiger partial charge in [0.05, 0.1) is 23.9 Å². The van der Waals surface area contributed by atoms with Crippen molar-refractivity contribution in [1.29, 1.82) is 0 Å². The molecule has 1 N–H and O–H groups in total. The molecule has 1 aliphatic rings. The number of esters is 1. The first-order valence-electron chi connectivity index (χ1n) is 8.53. The van der Waals surface area contributed by atoms with Crippen LogP contribution in [0.3, 0.4) is 0 Å². The van der Waals surface area contributed by atoms with Crippen LogP contribution in [0.5, 0.6) is 0 Å². The average molecular weight is 332 g/mol. The topological polar surface area (TPSA) is 51.2 Å². The van der Waals surface area contributed by atoms with Crippen LogP contribution in [0.2, 0.25) is 0 Å². The summed E-state index contributed by atoms with van der Waals surface area (Å²) in [4.78, 5) is 16.4. The van der Waals surface area contributed by atoms with Crippen molar-refractivity contribution < 1.29 is 9.53 Å². The van der Waals surface area contributed by atoms with Crippen LogP contribution in [0, 0.1) is 6.92 Å². The lowest BCUT2D eigenvalue weighted by molar-refractivity contribution is 0.0601. The minimum atomic E-state index is -0.322. The minimum absolute atomic E-state index is 0.322. The van der Waals surface area contributed by atoms with Crippen molar-refractivity contribution >= 4 is 28.2 Å². The monoisotopic (exact) mass is 332 g/mol. The largest absolute Gasteiger partial charge is 0.465 e. The van der Waals surface area contributed by atoms with Crippen LogP contribution in [-0.2, 0) is 17.6 Å². The molecule has 0 bridgehead atoms. The van der Waals surface area contributed by atoms with Crippen molar-refractivity contribution in [2.45, 2.75) is 26.2 Å². The molecule has 0 amide bonds. The quantitative estimate of drug-likeness (QED) is 0.714. The Morgan fingerprint density at radius 2 is 1.92 bits per heavy atom. The first-order valence-corrected chi connectivity index (χ1v) is 8.53. The first-order chi connectivity index (χ1) is 12.2. The predicted molar refractivity (Wildman–Crippen MR) is 99.6 cm³/mol. The van der Waals surface area contributed by atoms with Crippen LogP contribution in [0.25, 0.3) is 10.9 Å². The molecule has 1 aromatic heterocycles. The van der Waals surface area contributed by atoms with Crippen molar-refractivity contribution in [2.75, 3.05) is 12.4 Å². The van der Waals surface area contributed by atoms with Crippen LogP contribution in [-0.4, -0.2) is 18.1 Å². The van der Waals surface area contributed by atoms with Gasteiger partial charge in [-0.25, -0.2) is 4.79 Å². The van der Waals surface area contributed by atoms with Gasteiger partial charge in [-0.1, -0.05) is 11.6 Å². The van der Waals surface area contributed by atoms with E-state index in [9.17, 15) is 4.79 Å². The van der Waals surface area contributed by atoms with E-state index in [0.29, 0.717) is 5.56 Å². The number of carbonyl (C=O) groups excluding carboxylic acids is 1. The number of nitrogens with zero attached hydrogens (tertiary/aromatic N) is 1. The van der Waals surface area contributed by atoms with E-state index in [1.165, 1.54) is 23.9 Å². The van der Waals surface area contributed by atoms with Crippen molar-refractivity contribution in [1.82, 2.24) is 4.98 Å². The smallest absolute Gasteiger partial charge is 0.337 e. The summed E-state index contributed by atoms with van der Waals surface area (Å²) in [5.41, 5.74) is 7.41. The number of hydrogen-bond donors (Lipinski definition) is 1. The molecule has 4 rings (SSSR count). The van der Waals surface area contributed by atoms with E-state index in [4.69, 9.17) is 9.72 Å². The van der Waals surface area contributed by atoms with Gasteiger partial charge in [0.2, 0.25) is 0 Å². The van der Waals surface area contributed by atoms with Gasteiger partial charge in [-0.05, 0) is 68.1 Å². The number of anilines is 2. The Balaban J connectivity index is 1.78. The van der Waals surface area contributed by atoms with E-state index in [1.54, 1.807) is 12.1 Å². The highest BCUT2D eigenvalue weighted by molar-refractivity contribution is 5.96. The Labute approximate surface area is 146 Å². The Morgan fingerprint density at radius 1 is 1.12 bits per heavy atom. The van der Waals surface area contributed by atoms with E-state index in [1.807, 2.05) is 12.1 Å². The molecule has 4 heteroatoms. The van der Waals surface area contributed by atoms with Crippen LogP contribution in [0.1, 0.15) is 33.6 Å². The number of rotatable bonds is 3. The Hall–Kier alpha value is -2.88.